The highest BCUT2D eigenvalue weighted by atomic mass is 16.6. The van der Waals surface area contributed by atoms with Crippen LogP contribution < -0.4 is 0 Å². The monoisotopic (exact) mass is 370 g/mol. The summed E-state index contributed by atoms with van der Waals surface area (Å²) in [6.45, 7) is 12.6. The van der Waals surface area contributed by atoms with Gasteiger partial charge in [-0.1, -0.05) is 60.1 Å². The fraction of sp³-hybridized carbons (Fsp3) is 0.650. The number of benzene rings is 1. The summed E-state index contributed by atoms with van der Waals surface area (Å²) in [4.78, 5) is 11.9. The van der Waals surface area contributed by atoms with Gasteiger partial charge < -0.3 is 24.4 Å². The van der Waals surface area contributed by atoms with Crippen LogP contribution in [-0.4, -0.2) is 53.8 Å². The zero-order valence-electron chi connectivity index (χ0n) is 16.8. The standard InChI is InChI=1S/C13H14O6.C3H8.2C2H6/c14-8-4-2-1-3-7(8)13(16)19-10-6-18-11-9(15)5-17-12(10)11;1-3-2;2*1-2/h1-4,9-12,14-15H,5-6H2;3H2,1-2H3;2*1-2H3/t9-,10?,11+,12+;;;/m0.../s1. The van der Waals surface area contributed by atoms with Crippen LogP contribution in [0.3, 0.4) is 0 Å². The van der Waals surface area contributed by atoms with Gasteiger partial charge in [0.2, 0.25) is 0 Å². The predicted molar refractivity (Wildman–Crippen MR) is 101 cm³/mol. The topological polar surface area (TPSA) is 85.2 Å². The smallest absolute Gasteiger partial charge is 0.342 e. The molecule has 2 N–H and O–H groups in total. The molecule has 0 aromatic heterocycles. The van der Waals surface area contributed by atoms with Gasteiger partial charge in [0.25, 0.3) is 0 Å². The molecule has 0 saturated carbocycles. The molecule has 0 radical (unpaired) electrons. The summed E-state index contributed by atoms with van der Waals surface area (Å²) in [5.41, 5.74) is 0.101. The summed E-state index contributed by atoms with van der Waals surface area (Å²) in [6, 6.07) is 6.16. The molecule has 6 nitrogen and oxygen atoms in total. The summed E-state index contributed by atoms with van der Waals surface area (Å²) in [7, 11) is 0. The van der Waals surface area contributed by atoms with Crippen LogP contribution in [0.15, 0.2) is 24.3 Å². The first-order chi connectivity index (χ1) is 12.6. The van der Waals surface area contributed by atoms with Crippen LogP contribution in [0.1, 0.15) is 58.3 Å². The van der Waals surface area contributed by atoms with E-state index in [1.807, 2.05) is 27.7 Å². The average molecular weight is 370 g/mol. The minimum absolute atomic E-state index is 0.101. The molecule has 2 fully saturated rings. The molecule has 2 aliphatic heterocycles. The number of aliphatic hydroxyl groups excluding tert-OH is 1. The number of carbonyl (C=O) groups is 1. The number of ether oxygens (including phenoxy) is 3. The molecule has 0 spiro atoms. The minimum atomic E-state index is -0.682. The highest BCUT2D eigenvalue weighted by Gasteiger charge is 2.49. The van der Waals surface area contributed by atoms with Crippen molar-refractivity contribution in [1.29, 1.82) is 0 Å². The Balaban J connectivity index is 0.000000793. The van der Waals surface area contributed by atoms with E-state index in [0.29, 0.717) is 0 Å². The van der Waals surface area contributed by atoms with Crippen molar-refractivity contribution in [2.45, 2.75) is 72.4 Å². The van der Waals surface area contributed by atoms with Crippen LogP contribution in [-0.2, 0) is 14.2 Å². The van der Waals surface area contributed by atoms with Crippen LogP contribution in [0.25, 0.3) is 0 Å². The number of hydrogen-bond acceptors (Lipinski definition) is 6. The molecule has 26 heavy (non-hydrogen) atoms. The number of phenolic OH excluding ortho intramolecular Hbond substituents is 1. The molecule has 0 amide bonds. The van der Waals surface area contributed by atoms with Gasteiger partial charge in [0.15, 0.2) is 6.10 Å². The first kappa shape index (κ1) is 24.4. The highest BCUT2D eigenvalue weighted by Crippen LogP contribution is 2.29. The Morgan fingerprint density at radius 1 is 1.08 bits per heavy atom. The molecule has 3 rings (SSSR count). The Kier molecular flexibility index (Phi) is 12.7. The molecule has 1 unspecified atom stereocenters. The minimum Gasteiger partial charge on any atom is -0.507 e. The van der Waals surface area contributed by atoms with Crippen molar-refractivity contribution >= 4 is 5.97 Å². The van der Waals surface area contributed by atoms with Crippen LogP contribution in [0.4, 0.5) is 0 Å². The Labute approximate surface area is 157 Å². The number of aromatic hydroxyl groups is 1. The molecule has 6 heteroatoms. The van der Waals surface area contributed by atoms with Crippen molar-refractivity contribution in [1.82, 2.24) is 0 Å². The number of rotatable bonds is 2. The molecule has 2 heterocycles. The van der Waals surface area contributed by atoms with Crippen LogP contribution in [0, 0.1) is 0 Å². The summed E-state index contributed by atoms with van der Waals surface area (Å²) >= 11 is 0. The van der Waals surface area contributed by atoms with Crippen LogP contribution in [0.5, 0.6) is 5.75 Å². The summed E-state index contributed by atoms with van der Waals surface area (Å²) in [5, 5.41) is 19.2. The first-order valence-corrected chi connectivity index (χ1v) is 9.48. The van der Waals surface area contributed by atoms with E-state index < -0.39 is 30.4 Å². The van der Waals surface area contributed by atoms with E-state index in [-0.39, 0.29) is 24.5 Å². The summed E-state index contributed by atoms with van der Waals surface area (Å²) in [5.74, 6) is -0.757. The second-order valence-electron chi connectivity index (χ2n) is 5.33. The van der Waals surface area contributed by atoms with Crippen molar-refractivity contribution in [2.75, 3.05) is 13.2 Å². The molecular weight excluding hydrogens is 336 g/mol. The van der Waals surface area contributed by atoms with Crippen molar-refractivity contribution < 1.29 is 29.2 Å². The molecule has 1 aromatic rings. The number of phenols is 1. The molecule has 2 saturated heterocycles. The summed E-state index contributed by atoms with van der Waals surface area (Å²) in [6.07, 6.45) is -0.875. The van der Waals surface area contributed by atoms with Crippen LogP contribution in [0.2, 0.25) is 0 Å². The average Bonchev–Trinajstić information content (AvgIpc) is 3.23. The molecule has 4 atom stereocenters. The number of fused-ring (bicyclic) bond motifs is 1. The summed E-state index contributed by atoms with van der Waals surface area (Å²) < 4.78 is 16.0. The maximum Gasteiger partial charge on any atom is 0.342 e. The third-order valence-electron chi connectivity index (χ3n) is 3.36. The van der Waals surface area contributed by atoms with E-state index in [1.165, 1.54) is 18.6 Å². The number of hydrogen-bond donors (Lipinski definition) is 2. The number of esters is 1. The molecule has 1 aromatic carbocycles. The van der Waals surface area contributed by atoms with Crippen molar-refractivity contribution in [3.63, 3.8) is 0 Å². The van der Waals surface area contributed by atoms with E-state index in [9.17, 15) is 15.0 Å². The van der Waals surface area contributed by atoms with E-state index in [1.54, 1.807) is 12.1 Å². The lowest BCUT2D eigenvalue weighted by atomic mass is 10.1. The quantitative estimate of drug-likeness (QED) is 0.775. The normalized spacial score (nSPS) is 25.3. The SMILES string of the molecule is CC.CC.CCC.O=C(OC1CO[C@H]2[C@@H]1OC[C@@H]2O)c1ccccc1O. The van der Waals surface area contributed by atoms with Crippen molar-refractivity contribution in [3.8, 4) is 5.75 Å². The molecular formula is C20H34O6. The first-order valence-electron chi connectivity index (χ1n) is 9.48. The number of carbonyl (C=O) groups excluding carboxylic acids is 1. The highest BCUT2D eigenvalue weighted by molar-refractivity contribution is 5.92. The largest absolute Gasteiger partial charge is 0.507 e. The van der Waals surface area contributed by atoms with Gasteiger partial charge in [-0.25, -0.2) is 4.79 Å². The third-order valence-corrected chi connectivity index (χ3v) is 3.36. The van der Waals surface area contributed by atoms with E-state index in [2.05, 4.69) is 13.8 Å². The van der Waals surface area contributed by atoms with E-state index in [4.69, 9.17) is 14.2 Å². The fourth-order valence-corrected chi connectivity index (χ4v) is 2.39. The Hall–Kier alpha value is -1.63. The number of aliphatic hydroxyl groups is 1. The third kappa shape index (κ3) is 6.59. The van der Waals surface area contributed by atoms with Gasteiger partial charge in [-0.3, -0.25) is 0 Å². The second kappa shape index (κ2) is 13.6. The zero-order valence-corrected chi connectivity index (χ0v) is 16.8. The van der Waals surface area contributed by atoms with Crippen molar-refractivity contribution in [2.24, 2.45) is 0 Å². The lowest BCUT2D eigenvalue weighted by Gasteiger charge is -2.16. The second-order valence-corrected chi connectivity index (χ2v) is 5.33. The zero-order chi connectivity index (χ0) is 20.1. The van der Waals surface area contributed by atoms with E-state index >= 15 is 0 Å². The maximum atomic E-state index is 11.9. The van der Waals surface area contributed by atoms with Gasteiger partial charge in [0.1, 0.15) is 29.6 Å². The molecule has 2 aliphatic rings. The lowest BCUT2D eigenvalue weighted by molar-refractivity contribution is -0.0210. The van der Waals surface area contributed by atoms with E-state index in [0.717, 1.165) is 0 Å². The molecule has 150 valence electrons. The van der Waals surface area contributed by atoms with Gasteiger partial charge >= 0.3 is 5.97 Å². The maximum absolute atomic E-state index is 11.9. The van der Waals surface area contributed by atoms with Gasteiger partial charge in [0, 0.05) is 0 Å². The Morgan fingerprint density at radius 3 is 2.19 bits per heavy atom. The van der Waals surface area contributed by atoms with Gasteiger partial charge in [-0.05, 0) is 12.1 Å². The number of para-hydroxylation sites is 1. The predicted octanol–water partition coefficient (Wildman–Crippen LogP) is 3.54. The van der Waals surface area contributed by atoms with Gasteiger partial charge in [-0.15, -0.1) is 0 Å². The Morgan fingerprint density at radius 2 is 1.62 bits per heavy atom. The van der Waals surface area contributed by atoms with Crippen LogP contribution >= 0.6 is 0 Å². The van der Waals surface area contributed by atoms with Gasteiger partial charge in [-0.2, -0.15) is 0 Å². The lowest BCUT2D eigenvalue weighted by Crippen LogP contribution is -2.34. The molecule has 0 bridgehead atoms. The van der Waals surface area contributed by atoms with Gasteiger partial charge in [0.05, 0.1) is 13.2 Å². The Bertz CT molecular complexity index is 505. The molecule has 0 aliphatic carbocycles. The fourth-order valence-electron chi connectivity index (χ4n) is 2.39. The van der Waals surface area contributed by atoms with Crippen molar-refractivity contribution in [3.05, 3.63) is 29.8 Å².